The molecule has 0 amide bonds. The molecule has 1 saturated carbocycles. The van der Waals surface area contributed by atoms with E-state index in [-0.39, 0.29) is 0 Å². The monoisotopic (exact) mass is 188 g/mol. The van der Waals surface area contributed by atoms with E-state index < -0.39 is 0 Å². The van der Waals surface area contributed by atoms with Gasteiger partial charge in [-0.2, -0.15) is 0 Å². The fraction of sp³-hybridized carbons (Fsp3) is 0.571. The van der Waals surface area contributed by atoms with Gasteiger partial charge in [0.1, 0.15) is 0 Å². The Hall–Kier alpha value is -0.780. The molecular weight excluding hydrogens is 168 g/mol. The van der Waals surface area contributed by atoms with Crippen LogP contribution in [0.25, 0.3) is 0 Å². The third kappa shape index (κ3) is 2.00. The third-order valence-corrected chi connectivity index (χ3v) is 3.53. The molecule has 0 radical (unpaired) electrons. The summed E-state index contributed by atoms with van der Waals surface area (Å²) in [6, 6.07) is 10.9. The molecule has 0 saturated heterocycles. The standard InChI is InChI=1S/C14H20/c1-13(2,11-14(3)9-10-14)12-7-5-4-6-8-12/h4-8H,9-11H2,1-3H3. The van der Waals surface area contributed by atoms with E-state index in [1.807, 2.05) is 0 Å². The average Bonchev–Trinajstić information content (AvgIpc) is 2.84. The van der Waals surface area contributed by atoms with E-state index in [1.165, 1.54) is 24.8 Å². The van der Waals surface area contributed by atoms with Crippen molar-refractivity contribution in [1.82, 2.24) is 0 Å². The highest BCUT2D eigenvalue weighted by molar-refractivity contribution is 5.24. The smallest absolute Gasteiger partial charge is 0.00984 e. The molecular formula is C14H20. The van der Waals surface area contributed by atoms with Gasteiger partial charge in [-0.05, 0) is 35.7 Å². The summed E-state index contributed by atoms with van der Waals surface area (Å²) >= 11 is 0. The molecule has 0 unspecified atom stereocenters. The van der Waals surface area contributed by atoms with Crippen LogP contribution in [0.3, 0.4) is 0 Å². The largest absolute Gasteiger partial charge is 0.0622 e. The molecule has 0 nitrogen and oxygen atoms in total. The molecule has 0 heteroatoms. The summed E-state index contributed by atoms with van der Waals surface area (Å²) in [5.74, 6) is 0. The second kappa shape index (κ2) is 3.12. The normalized spacial score (nSPS) is 19.4. The molecule has 14 heavy (non-hydrogen) atoms. The van der Waals surface area contributed by atoms with Gasteiger partial charge >= 0.3 is 0 Å². The lowest BCUT2D eigenvalue weighted by molar-refractivity contribution is 0.364. The summed E-state index contributed by atoms with van der Waals surface area (Å²) in [5, 5.41) is 0. The highest BCUT2D eigenvalue weighted by Gasteiger charge is 2.42. The topological polar surface area (TPSA) is 0 Å². The molecule has 1 aliphatic carbocycles. The van der Waals surface area contributed by atoms with E-state index in [2.05, 4.69) is 51.1 Å². The van der Waals surface area contributed by atoms with E-state index in [0.29, 0.717) is 10.8 Å². The summed E-state index contributed by atoms with van der Waals surface area (Å²) in [5.41, 5.74) is 2.46. The van der Waals surface area contributed by atoms with Crippen molar-refractivity contribution in [3.63, 3.8) is 0 Å². The maximum atomic E-state index is 2.41. The molecule has 2 rings (SSSR count). The van der Waals surface area contributed by atoms with Crippen LogP contribution in [0.15, 0.2) is 30.3 Å². The van der Waals surface area contributed by atoms with Gasteiger partial charge in [0.25, 0.3) is 0 Å². The van der Waals surface area contributed by atoms with Crippen LogP contribution in [0.4, 0.5) is 0 Å². The van der Waals surface area contributed by atoms with Crippen molar-refractivity contribution < 1.29 is 0 Å². The number of benzene rings is 1. The van der Waals surface area contributed by atoms with Gasteiger partial charge in [0.2, 0.25) is 0 Å². The van der Waals surface area contributed by atoms with E-state index in [0.717, 1.165) is 0 Å². The maximum Gasteiger partial charge on any atom is -0.00984 e. The number of hydrogen-bond acceptors (Lipinski definition) is 0. The van der Waals surface area contributed by atoms with Gasteiger partial charge in [0.15, 0.2) is 0 Å². The minimum Gasteiger partial charge on any atom is -0.0622 e. The number of rotatable bonds is 3. The minimum absolute atomic E-state index is 0.340. The lowest BCUT2D eigenvalue weighted by Gasteiger charge is -2.28. The first-order chi connectivity index (χ1) is 6.52. The van der Waals surface area contributed by atoms with Crippen molar-refractivity contribution in [2.45, 2.75) is 45.4 Å². The molecule has 0 spiro atoms. The summed E-state index contributed by atoms with van der Waals surface area (Å²) in [4.78, 5) is 0. The van der Waals surface area contributed by atoms with Crippen molar-refractivity contribution in [2.24, 2.45) is 5.41 Å². The first-order valence-corrected chi connectivity index (χ1v) is 5.57. The fourth-order valence-corrected chi connectivity index (χ4v) is 2.45. The quantitative estimate of drug-likeness (QED) is 0.668. The van der Waals surface area contributed by atoms with Crippen LogP contribution in [0, 0.1) is 5.41 Å². The summed E-state index contributed by atoms with van der Waals surface area (Å²) < 4.78 is 0. The third-order valence-electron chi connectivity index (χ3n) is 3.53. The first-order valence-electron chi connectivity index (χ1n) is 5.57. The Balaban J connectivity index is 2.15. The molecule has 0 aliphatic heterocycles. The van der Waals surface area contributed by atoms with Crippen molar-refractivity contribution in [3.05, 3.63) is 35.9 Å². The van der Waals surface area contributed by atoms with Gasteiger partial charge in [-0.3, -0.25) is 0 Å². The van der Waals surface area contributed by atoms with Crippen LogP contribution in [0.2, 0.25) is 0 Å². The van der Waals surface area contributed by atoms with E-state index in [1.54, 1.807) is 0 Å². The fourth-order valence-electron chi connectivity index (χ4n) is 2.45. The van der Waals surface area contributed by atoms with Crippen LogP contribution >= 0.6 is 0 Å². The van der Waals surface area contributed by atoms with Gasteiger partial charge in [0, 0.05) is 0 Å². The van der Waals surface area contributed by atoms with Gasteiger partial charge in [-0.1, -0.05) is 51.1 Å². The Morgan fingerprint density at radius 1 is 1.14 bits per heavy atom. The van der Waals surface area contributed by atoms with E-state index >= 15 is 0 Å². The van der Waals surface area contributed by atoms with Crippen molar-refractivity contribution in [3.8, 4) is 0 Å². The molecule has 1 aliphatic rings. The summed E-state index contributed by atoms with van der Waals surface area (Å²) in [6.45, 7) is 7.15. The summed E-state index contributed by atoms with van der Waals surface area (Å²) in [6.07, 6.45) is 4.16. The maximum absolute atomic E-state index is 2.41. The van der Waals surface area contributed by atoms with Gasteiger partial charge in [0.05, 0.1) is 0 Å². The molecule has 1 aromatic carbocycles. The molecule has 0 N–H and O–H groups in total. The minimum atomic E-state index is 0.340. The molecule has 76 valence electrons. The molecule has 1 aromatic rings. The van der Waals surface area contributed by atoms with E-state index in [4.69, 9.17) is 0 Å². The first kappa shape index (κ1) is 9.76. The average molecular weight is 188 g/mol. The van der Waals surface area contributed by atoms with Crippen LogP contribution in [-0.2, 0) is 5.41 Å². The molecule has 0 atom stereocenters. The van der Waals surface area contributed by atoms with E-state index in [9.17, 15) is 0 Å². The Morgan fingerprint density at radius 2 is 1.71 bits per heavy atom. The van der Waals surface area contributed by atoms with Crippen LogP contribution in [0.5, 0.6) is 0 Å². The summed E-state index contributed by atoms with van der Waals surface area (Å²) in [7, 11) is 0. The number of hydrogen-bond donors (Lipinski definition) is 0. The SMILES string of the molecule is CC1(CC(C)(C)c2ccccc2)CC1. The Labute approximate surface area is 87.3 Å². The van der Waals surface area contributed by atoms with Gasteiger partial charge < -0.3 is 0 Å². The highest BCUT2D eigenvalue weighted by atomic mass is 14.5. The predicted molar refractivity (Wildman–Crippen MR) is 61.4 cm³/mol. The lowest BCUT2D eigenvalue weighted by Crippen LogP contribution is -2.21. The second-order valence-corrected chi connectivity index (χ2v) is 5.74. The predicted octanol–water partition coefficient (Wildman–Crippen LogP) is 4.15. The molecule has 1 fully saturated rings. The van der Waals surface area contributed by atoms with Crippen molar-refractivity contribution in [2.75, 3.05) is 0 Å². The van der Waals surface area contributed by atoms with Crippen LogP contribution in [-0.4, -0.2) is 0 Å². The van der Waals surface area contributed by atoms with Gasteiger partial charge in [-0.25, -0.2) is 0 Å². The zero-order valence-electron chi connectivity index (χ0n) is 9.51. The van der Waals surface area contributed by atoms with Gasteiger partial charge in [-0.15, -0.1) is 0 Å². The van der Waals surface area contributed by atoms with Crippen molar-refractivity contribution >= 4 is 0 Å². The Morgan fingerprint density at radius 3 is 2.21 bits per heavy atom. The zero-order valence-corrected chi connectivity index (χ0v) is 9.51. The molecule has 0 bridgehead atoms. The Kier molecular flexibility index (Phi) is 2.17. The lowest BCUT2D eigenvalue weighted by atomic mass is 9.76. The van der Waals surface area contributed by atoms with Crippen LogP contribution < -0.4 is 0 Å². The zero-order chi connectivity index (χ0) is 10.2. The second-order valence-electron chi connectivity index (χ2n) is 5.74. The van der Waals surface area contributed by atoms with Crippen LogP contribution in [0.1, 0.15) is 45.6 Å². The molecule has 0 aromatic heterocycles. The Bertz CT molecular complexity index is 304. The molecule has 0 heterocycles. The van der Waals surface area contributed by atoms with Crippen molar-refractivity contribution in [1.29, 1.82) is 0 Å². The highest BCUT2D eigenvalue weighted by Crippen LogP contribution is 2.53.